The molecule has 2 rings (SSSR count). The van der Waals surface area contributed by atoms with Crippen LogP contribution in [0.25, 0.3) is 0 Å². The first-order chi connectivity index (χ1) is 9.10. The third kappa shape index (κ3) is 3.24. The maximum Gasteiger partial charge on any atom is 0.322 e. The van der Waals surface area contributed by atoms with Gasteiger partial charge in [0.05, 0.1) is 24.3 Å². The fourth-order valence-corrected chi connectivity index (χ4v) is 2.02. The topological polar surface area (TPSA) is 65.4 Å². The van der Waals surface area contributed by atoms with Crippen LogP contribution in [0.4, 0.5) is 10.5 Å². The molecule has 1 heterocycles. The highest BCUT2D eigenvalue weighted by molar-refractivity contribution is 5.90. The predicted octanol–water partition coefficient (Wildman–Crippen LogP) is 2.12. The van der Waals surface area contributed by atoms with E-state index in [4.69, 9.17) is 10.00 Å². The number of benzene rings is 1. The minimum atomic E-state index is -0.145. The van der Waals surface area contributed by atoms with Gasteiger partial charge in [-0.15, -0.1) is 0 Å². The summed E-state index contributed by atoms with van der Waals surface area (Å²) in [5.41, 5.74) is 2.16. The number of aryl methyl sites for hydroxylation is 1. The van der Waals surface area contributed by atoms with Crippen molar-refractivity contribution in [1.82, 2.24) is 4.90 Å². The van der Waals surface area contributed by atoms with Crippen molar-refractivity contribution in [1.29, 1.82) is 5.26 Å². The second kappa shape index (κ2) is 5.72. The summed E-state index contributed by atoms with van der Waals surface area (Å²) in [5, 5.41) is 11.7. The van der Waals surface area contributed by atoms with E-state index in [0.29, 0.717) is 30.9 Å². The molecule has 1 aromatic carbocycles. The van der Waals surface area contributed by atoms with Crippen molar-refractivity contribution in [3.8, 4) is 6.07 Å². The van der Waals surface area contributed by atoms with Crippen molar-refractivity contribution < 1.29 is 9.53 Å². The smallest absolute Gasteiger partial charge is 0.322 e. The summed E-state index contributed by atoms with van der Waals surface area (Å²) < 4.78 is 5.40. The Bertz CT molecular complexity index is 522. The lowest BCUT2D eigenvalue weighted by Crippen LogP contribution is -2.46. The molecule has 19 heavy (non-hydrogen) atoms. The monoisotopic (exact) mass is 259 g/mol. The second-order valence-corrected chi connectivity index (χ2v) is 4.70. The van der Waals surface area contributed by atoms with E-state index in [2.05, 4.69) is 11.4 Å². The highest BCUT2D eigenvalue weighted by atomic mass is 16.5. The van der Waals surface area contributed by atoms with Crippen molar-refractivity contribution in [3.05, 3.63) is 29.3 Å². The number of anilines is 1. The fraction of sp³-hybridized carbons (Fsp3) is 0.429. The lowest BCUT2D eigenvalue weighted by Gasteiger charge is -2.31. The van der Waals surface area contributed by atoms with Gasteiger partial charge in [-0.3, -0.25) is 0 Å². The van der Waals surface area contributed by atoms with Crippen molar-refractivity contribution >= 4 is 11.7 Å². The number of nitriles is 1. The predicted molar refractivity (Wildman–Crippen MR) is 71.9 cm³/mol. The lowest BCUT2D eigenvalue weighted by molar-refractivity contribution is -0.00138. The molecule has 2 amide bonds. The van der Waals surface area contributed by atoms with Crippen LogP contribution in [0.3, 0.4) is 0 Å². The van der Waals surface area contributed by atoms with Gasteiger partial charge in [-0.05, 0) is 31.5 Å². The summed E-state index contributed by atoms with van der Waals surface area (Å²) in [6.07, 6.45) is 0.0611. The van der Waals surface area contributed by atoms with E-state index < -0.39 is 0 Å². The van der Waals surface area contributed by atoms with E-state index in [0.717, 1.165) is 5.56 Å². The van der Waals surface area contributed by atoms with Crippen molar-refractivity contribution in [3.63, 3.8) is 0 Å². The van der Waals surface area contributed by atoms with Crippen LogP contribution >= 0.6 is 0 Å². The summed E-state index contributed by atoms with van der Waals surface area (Å²) in [7, 11) is 0. The number of nitrogens with zero attached hydrogens (tertiary/aromatic N) is 2. The Morgan fingerprint density at radius 1 is 1.58 bits per heavy atom. The van der Waals surface area contributed by atoms with Crippen molar-refractivity contribution in [2.24, 2.45) is 0 Å². The number of hydrogen-bond acceptors (Lipinski definition) is 3. The summed E-state index contributed by atoms with van der Waals surface area (Å²) in [6, 6.07) is 7.18. The second-order valence-electron chi connectivity index (χ2n) is 4.70. The molecule has 1 aliphatic heterocycles. The van der Waals surface area contributed by atoms with Gasteiger partial charge in [-0.2, -0.15) is 5.26 Å². The normalized spacial score (nSPS) is 18.8. The molecule has 1 N–H and O–H groups in total. The van der Waals surface area contributed by atoms with Gasteiger partial charge in [0.15, 0.2) is 0 Å². The Labute approximate surface area is 112 Å². The van der Waals surface area contributed by atoms with E-state index >= 15 is 0 Å². The van der Waals surface area contributed by atoms with E-state index in [-0.39, 0.29) is 12.1 Å². The molecule has 0 aromatic heterocycles. The minimum Gasteiger partial charge on any atom is -0.375 e. The van der Waals surface area contributed by atoms with E-state index in [1.54, 1.807) is 17.0 Å². The Hall–Kier alpha value is -2.06. The standard InChI is InChI=1S/C14H17N3O2/c1-10-3-4-12(8-15)7-13(10)16-14(18)17-5-6-19-11(2)9-17/h3-4,7,11H,5-6,9H2,1-2H3,(H,16,18). The highest BCUT2D eigenvalue weighted by Crippen LogP contribution is 2.17. The molecule has 0 bridgehead atoms. The molecule has 5 nitrogen and oxygen atoms in total. The number of carbonyl (C=O) groups excluding carboxylic acids is 1. The molecule has 0 spiro atoms. The first-order valence-electron chi connectivity index (χ1n) is 6.28. The Morgan fingerprint density at radius 2 is 2.37 bits per heavy atom. The first kappa shape index (κ1) is 13.4. The molecule has 100 valence electrons. The molecule has 1 fully saturated rings. The zero-order valence-electron chi connectivity index (χ0n) is 11.1. The number of amides is 2. The van der Waals surface area contributed by atoms with E-state index in [9.17, 15) is 4.79 Å². The zero-order valence-corrected chi connectivity index (χ0v) is 11.1. The molecule has 5 heteroatoms. The van der Waals surface area contributed by atoms with Gasteiger partial charge in [0.25, 0.3) is 0 Å². The third-order valence-corrected chi connectivity index (χ3v) is 3.14. The van der Waals surface area contributed by atoms with Gasteiger partial charge in [0.2, 0.25) is 0 Å². The summed E-state index contributed by atoms with van der Waals surface area (Å²) in [5.74, 6) is 0. The number of nitrogens with one attached hydrogen (secondary N) is 1. The molecule has 1 saturated heterocycles. The molecular formula is C14H17N3O2. The average Bonchev–Trinajstić information content (AvgIpc) is 2.41. The molecular weight excluding hydrogens is 242 g/mol. The quantitative estimate of drug-likeness (QED) is 0.840. The largest absolute Gasteiger partial charge is 0.375 e. The number of morpholine rings is 1. The summed E-state index contributed by atoms with van der Waals surface area (Å²) in [6.45, 7) is 5.58. The fourth-order valence-electron chi connectivity index (χ4n) is 2.02. The number of ether oxygens (including phenoxy) is 1. The van der Waals surface area contributed by atoms with Crippen molar-refractivity contribution in [2.45, 2.75) is 20.0 Å². The summed E-state index contributed by atoms with van der Waals surface area (Å²) >= 11 is 0. The SMILES string of the molecule is Cc1ccc(C#N)cc1NC(=O)N1CCOC(C)C1. The summed E-state index contributed by atoms with van der Waals surface area (Å²) in [4.78, 5) is 13.9. The molecule has 1 aliphatic rings. The van der Waals surface area contributed by atoms with Crippen LogP contribution in [0.1, 0.15) is 18.1 Å². The third-order valence-electron chi connectivity index (χ3n) is 3.14. The molecule has 1 atom stereocenters. The maximum atomic E-state index is 12.1. The minimum absolute atomic E-state index is 0.0611. The molecule has 0 radical (unpaired) electrons. The van der Waals surface area contributed by atoms with Crippen LogP contribution < -0.4 is 5.32 Å². The molecule has 1 unspecified atom stereocenters. The lowest BCUT2D eigenvalue weighted by atomic mass is 10.1. The van der Waals surface area contributed by atoms with Gasteiger partial charge in [0, 0.05) is 18.8 Å². The van der Waals surface area contributed by atoms with Crippen molar-refractivity contribution in [2.75, 3.05) is 25.0 Å². The zero-order chi connectivity index (χ0) is 13.8. The van der Waals surface area contributed by atoms with Gasteiger partial charge in [-0.1, -0.05) is 6.07 Å². The van der Waals surface area contributed by atoms with Gasteiger partial charge < -0.3 is 15.0 Å². The molecule has 0 saturated carbocycles. The molecule has 1 aromatic rings. The van der Waals surface area contributed by atoms with E-state index in [1.807, 2.05) is 19.9 Å². The average molecular weight is 259 g/mol. The van der Waals surface area contributed by atoms with Crippen LogP contribution in [0.15, 0.2) is 18.2 Å². The highest BCUT2D eigenvalue weighted by Gasteiger charge is 2.21. The Morgan fingerprint density at radius 3 is 3.05 bits per heavy atom. The van der Waals surface area contributed by atoms with Crippen LogP contribution in [0.2, 0.25) is 0 Å². The van der Waals surface area contributed by atoms with Gasteiger partial charge in [-0.25, -0.2) is 4.79 Å². The van der Waals surface area contributed by atoms with Crippen LogP contribution in [0.5, 0.6) is 0 Å². The van der Waals surface area contributed by atoms with Crippen LogP contribution in [0, 0.1) is 18.3 Å². The van der Waals surface area contributed by atoms with Crippen LogP contribution in [-0.2, 0) is 4.74 Å². The first-order valence-corrected chi connectivity index (χ1v) is 6.28. The number of hydrogen-bond donors (Lipinski definition) is 1. The number of rotatable bonds is 1. The van der Waals surface area contributed by atoms with Gasteiger partial charge >= 0.3 is 6.03 Å². The number of urea groups is 1. The number of carbonyl (C=O) groups is 1. The maximum absolute atomic E-state index is 12.1. The molecule has 0 aliphatic carbocycles. The van der Waals surface area contributed by atoms with E-state index in [1.165, 1.54) is 0 Å². The Kier molecular flexibility index (Phi) is 4.03. The van der Waals surface area contributed by atoms with Crippen LogP contribution in [-0.4, -0.2) is 36.7 Å². The van der Waals surface area contributed by atoms with Gasteiger partial charge in [0.1, 0.15) is 0 Å². The Balaban J connectivity index is 2.08.